The summed E-state index contributed by atoms with van der Waals surface area (Å²) >= 11 is 6.12. The van der Waals surface area contributed by atoms with Gasteiger partial charge in [-0.1, -0.05) is 35.9 Å². The Morgan fingerprint density at radius 3 is 2.51 bits per heavy atom. The number of likely N-dealkylation sites (tertiary alicyclic amines) is 1. The van der Waals surface area contributed by atoms with Gasteiger partial charge in [0.15, 0.2) is 0 Å². The molecule has 0 bridgehead atoms. The fourth-order valence-electron chi connectivity index (χ4n) is 4.50. The first-order valence-corrected chi connectivity index (χ1v) is 12.0. The van der Waals surface area contributed by atoms with Gasteiger partial charge in [0, 0.05) is 37.2 Å². The van der Waals surface area contributed by atoms with Crippen LogP contribution in [0.15, 0.2) is 66.2 Å². The molecular weight excluding hydrogens is 472 g/mol. The molecule has 1 saturated heterocycles. The van der Waals surface area contributed by atoms with Crippen LogP contribution in [0.25, 0.3) is 6.08 Å². The van der Waals surface area contributed by atoms with E-state index in [9.17, 15) is 13.9 Å². The maximum absolute atomic E-state index is 13.4. The molecule has 0 amide bonds. The molecule has 1 unspecified atom stereocenters. The van der Waals surface area contributed by atoms with Crippen LogP contribution in [0.3, 0.4) is 0 Å². The lowest BCUT2D eigenvalue weighted by molar-refractivity contribution is 0.0668. The van der Waals surface area contributed by atoms with Gasteiger partial charge in [-0.05, 0) is 59.5 Å². The minimum absolute atomic E-state index is 0.00945. The number of benzene rings is 3. The number of halogens is 3. The average molecular weight is 498 g/mol. The van der Waals surface area contributed by atoms with Crippen molar-refractivity contribution in [3.63, 3.8) is 0 Å². The van der Waals surface area contributed by atoms with E-state index in [4.69, 9.17) is 21.1 Å². The molecule has 2 aliphatic heterocycles. The van der Waals surface area contributed by atoms with Gasteiger partial charge in [0.1, 0.15) is 35.8 Å². The number of aromatic hydroxyl groups is 1. The summed E-state index contributed by atoms with van der Waals surface area (Å²) in [5.41, 5.74) is 3.60. The number of alkyl halides is 1. The number of hydrogen-bond donors (Lipinski definition) is 1. The molecule has 3 aromatic carbocycles. The minimum Gasteiger partial charge on any atom is -0.506 e. The van der Waals surface area contributed by atoms with E-state index in [-0.39, 0.29) is 35.3 Å². The zero-order chi connectivity index (χ0) is 24.4. The van der Waals surface area contributed by atoms with Gasteiger partial charge in [-0.2, -0.15) is 0 Å². The van der Waals surface area contributed by atoms with Crippen molar-refractivity contribution in [3.8, 4) is 17.2 Å². The van der Waals surface area contributed by atoms with Crippen molar-refractivity contribution >= 4 is 17.7 Å². The smallest absolute Gasteiger partial charge is 0.146 e. The molecule has 1 fully saturated rings. The van der Waals surface area contributed by atoms with Crippen LogP contribution in [0, 0.1) is 11.7 Å². The van der Waals surface area contributed by atoms with Gasteiger partial charge >= 0.3 is 0 Å². The monoisotopic (exact) mass is 497 g/mol. The number of phenols is 1. The summed E-state index contributed by atoms with van der Waals surface area (Å²) < 4.78 is 38.2. The van der Waals surface area contributed by atoms with Crippen LogP contribution in [0.5, 0.6) is 17.2 Å². The van der Waals surface area contributed by atoms with Crippen molar-refractivity contribution in [1.29, 1.82) is 0 Å². The van der Waals surface area contributed by atoms with E-state index in [1.165, 1.54) is 12.1 Å². The Kier molecular flexibility index (Phi) is 6.93. The van der Waals surface area contributed by atoms with Crippen molar-refractivity contribution in [2.24, 2.45) is 5.92 Å². The van der Waals surface area contributed by atoms with Crippen molar-refractivity contribution in [2.45, 2.75) is 12.5 Å². The predicted octanol–water partition coefficient (Wildman–Crippen LogP) is 6.22. The highest BCUT2D eigenvalue weighted by atomic mass is 35.5. The second-order valence-corrected chi connectivity index (χ2v) is 9.47. The van der Waals surface area contributed by atoms with E-state index in [0.29, 0.717) is 18.8 Å². The molecule has 1 atom stereocenters. The number of phenolic OH excluding ortho intramolecular Hbond substituents is 1. The topological polar surface area (TPSA) is 41.9 Å². The van der Waals surface area contributed by atoms with Gasteiger partial charge in [-0.15, -0.1) is 0 Å². The van der Waals surface area contributed by atoms with Crippen LogP contribution in [0.2, 0.25) is 5.02 Å². The molecular formula is C28H26ClF2NO3. The predicted molar refractivity (Wildman–Crippen MR) is 132 cm³/mol. The Hall–Kier alpha value is -3.09. The van der Waals surface area contributed by atoms with E-state index in [1.54, 1.807) is 24.3 Å². The number of fused-ring (bicyclic) bond motifs is 1. The van der Waals surface area contributed by atoms with Crippen LogP contribution >= 0.6 is 11.6 Å². The summed E-state index contributed by atoms with van der Waals surface area (Å²) in [7, 11) is 0. The Morgan fingerprint density at radius 1 is 1.06 bits per heavy atom. The van der Waals surface area contributed by atoms with Gasteiger partial charge in [-0.3, -0.25) is 9.29 Å². The zero-order valence-electron chi connectivity index (χ0n) is 19.1. The molecule has 2 heterocycles. The second kappa shape index (κ2) is 10.3. The van der Waals surface area contributed by atoms with Crippen molar-refractivity contribution in [2.75, 3.05) is 32.9 Å². The van der Waals surface area contributed by atoms with Crippen molar-refractivity contribution < 1.29 is 23.4 Å². The lowest BCUT2D eigenvalue weighted by atomic mass is 9.91. The lowest BCUT2D eigenvalue weighted by Gasteiger charge is -2.37. The molecule has 1 N–H and O–H groups in total. The third kappa shape index (κ3) is 5.44. The van der Waals surface area contributed by atoms with Gasteiger partial charge < -0.3 is 14.6 Å². The van der Waals surface area contributed by atoms with Crippen molar-refractivity contribution in [1.82, 2.24) is 4.90 Å². The quantitative estimate of drug-likeness (QED) is 0.401. The summed E-state index contributed by atoms with van der Waals surface area (Å²) in [5, 5.41) is 10.3. The van der Waals surface area contributed by atoms with E-state index < -0.39 is 0 Å². The third-order valence-corrected chi connectivity index (χ3v) is 6.74. The SMILES string of the molecule is Oc1cc2c(cc1Cl)OC(c1ccc(OCCN3CC(CF)C3)cc1)C(Cc1ccc(F)cc1)=C2. The maximum Gasteiger partial charge on any atom is 0.146 e. The Labute approximate surface area is 208 Å². The number of nitrogens with zero attached hydrogens (tertiary/aromatic N) is 1. The molecule has 4 nitrogen and oxygen atoms in total. The van der Waals surface area contributed by atoms with E-state index >= 15 is 0 Å². The average Bonchev–Trinajstić information content (AvgIpc) is 2.83. The van der Waals surface area contributed by atoms with E-state index in [1.807, 2.05) is 30.3 Å². The van der Waals surface area contributed by atoms with Crippen LogP contribution in [0.4, 0.5) is 8.78 Å². The molecule has 5 rings (SSSR count). The highest BCUT2D eigenvalue weighted by molar-refractivity contribution is 6.32. The van der Waals surface area contributed by atoms with Gasteiger partial charge in [-0.25, -0.2) is 4.39 Å². The summed E-state index contributed by atoms with van der Waals surface area (Å²) in [6, 6.07) is 17.4. The Balaban J connectivity index is 1.32. The fraction of sp³-hybridized carbons (Fsp3) is 0.286. The normalized spacial score (nSPS) is 17.8. The molecule has 3 aromatic rings. The Morgan fingerprint density at radius 2 is 1.80 bits per heavy atom. The number of ether oxygens (including phenoxy) is 2. The molecule has 0 spiro atoms. The summed E-state index contributed by atoms with van der Waals surface area (Å²) in [5.74, 6) is 1.22. The molecule has 0 aromatic heterocycles. The largest absolute Gasteiger partial charge is 0.506 e. The van der Waals surface area contributed by atoms with Crippen LogP contribution in [-0.2, 0) is 6.42 Å². The molecule has 0 radical (unpaired) electrons. The molecule has 35 heavy (non-hydrogen) atoms. The number of rotatable bonds is 8. The first-order valence-electron chi connectivity index (χ1n) is 11.6. The molecule has 0 saturated carbocycles. The summed E-state index contributed by atoms with van der Waals surface area (Å²) in [6.45, 7) is 2.66. The number of hydrogen-bond acceptors (Lipinski definition) is 4. The standard InChI is InChI=1S/C28H26ClF2NO3/c29-25-14-27-21(13-26(25)33)12-22(11-18-1-5-23(31)6-2-18)28(35-27)20-3-7-24(8-4-20)34-10-9-32-16-19(15-30)17-32/h1-8,12-14,19,28,33H,9-11,15-17H2. The van der Waals surface area contributed by atoms with Gasteiger partial charge in [0.25, 0.3) is 0 Å². The second-order valence-electron chi connectivity index (χ2n) is 9.06. The van der Waals surface area contributed by atoms with Gasteiger partial charge in [0.2, 0.25) is 0 Å². The molecule has 182 valence electrons. The highest BCUT2D eigenvalue weighted by Gasteiger charge is 2.27. The molecule has 7 heteroatoms. The first kappa shape index (κ1) is 23.6. The first-order chi connectivity index (χ1) is 17.0. The van der Waals surface area contributed by atoms with Gasteiger partial charge in [0.05, 0.1) is 11.7 Å². The zero-order valence-corrected chi connectivity index (χ0v) is 19.8. The highest BCUT2D eigenvalue weighted by Crippen LogP contribution is 2.42. The maximum atomic E-state index is 13.4. The molecule has 0 aliphatic carbocycles. The summed E-state index contributed by atoms with van der Waals surface area (Å²) in [4.78, 5) is 2.18. The molecule has 2 aliphatic rings. The lowest BCUT2D eigenvalue weighted by Crippen LogP contribution is -2.49. The van der Waals surface area contributed by atoms with E-state index in [2.05, 4.69) is 4.90 Å². The van der Waals surface area contributed by atoms with Crippen LogP contribution < -0.4 is 9.47 Å². The van der Waals surface area contributed by atoms with Crippen LogP contribution in [-0.4, -0.2) is 42.9 Å². The van der Waals surface area contributed by atoms with Crippen LogP contribution in [0.1, 0.15) is 22.8 Å². The Bertz CT molecular complexity index is 1210. The fourth-order valence-corrected chi connectivity index (χ4v) is 4.66. The van der Waals surface area contributed by atoms with Crippen molar-refractivity contribution in [3.05, 3.63) is 93.8 Å². The summed E-state index contributed by atoms with van der Waals surface area (Å²) in [6.07, 6.45) is 2.17. The minimum atomic E-state index is -0.374. The third-order valence-electron chi connectivity index (χ3n) is 6.43. The van der Waals surface area contributed by atoms with E-state index in [0.717, 1.165) is 47.6 Å².